The van der Waals surface area contributed by atoms with E-state index in [1.807, 2.05) is 0 Å². The number of rotatable bonds is 7. The van der Waals surface area contributed by atoms with Crippen molar-refractivity contribution in [1.29, 1.82) is 0 Å². The van der Waals surface area contributed by atoms with Crippen LogP contribution in [0.3, 0.4) is 0 Å². The van der Waals surface area contributed by atoms with E-state index in [-0.39, 0.29) is 10.5 Å². The molecule has 0 atom stereocenters. The predicted molar refractivity (Wildman–Crippen MR) is 112 cm³/mol. The van der Waals surface area contributed by atoms with Crippen molar-refractivity contribution in [3.63, 3.8) is 0 Å². The second-order valence-corrected chi connectivity index (χ2v) is 10.4. The molecule has 3 rings (SSSR count). The predicted octanol–water partition coefficient (Wildman–Crippen LogP) is 3.17. The first kappa shape index (κ1) is 21.7. The van der Waals surface area contributed by atoms with Gasteiger partial charge in [0, 0.05) is 19.5 Å². The number of nitrogens with zero attached hydrogens (tertiary/aromatic N) is 3. The second-order valence-electron chi connectivity index (χ2n) is 7.38. The van der Waals surface area contributed by atoms with Gasteiger partial charge in [0.2, 0.25) is 15.2 Å². The standard InChI is InChI=1S/C19H26N4O4S2/c1-13(2)11-17-21-22-19(28-17)20-18(24)15-12-14(7-8-16(15)27-3)29(25,26)23-9-5-4-6-10-23/h7-8,12-13H,4-6,9-11H2,1-3H3,(H,20,22,24). The van der Waals surface area contributed by atoms with E-state index < -0.39 is 15.9 Å². The van der Waals surface area contributed by atoms with E-state index in [9.17, 15) is 13.2 Å². The minimum Gasteiger partial charge on any atom is -0.496 e. The Bertz CT molecular complexity index is 966. The highest BCUT2D eigenvalue weighted by molar-refractivity contribution is 7.89. The van der Waals surface area contributed by atoms with E-state index in [1.165, 1.54) is 41.0 Å². The number of carbonyl (C=O) groups excluding carboxylic acids is 1. The Kier molecular flexibility index (Phi) is 6.86. The summed E-state index contributed by atoms with van der Waals surface area (Å²) in [6.07, 6.45) is 3.50. The van der Waals surface area contributed by atoms with Crippen LogP contribution in [-0.4, -0.2) is 49.0 Å². The Morgan fingerprint density at radius 3 is 2.62 bits per heavy atom. The van der Waals surface area contributed by atoms with Crippen molar-refractivity contribution in [2.75, 3.05) is 25.5 Å². The summed E-state index contributed by atoms with van der Waals surface area (Å²) in [6, 6.07) is 4.36. The smallest absolute Gasteiger partial charge is 0.261 e. The summed E-state index contributed by atoms with van der Waals surface area (Å²) in [6.45, 7) is 5.16. The number of carbonyl (C=O) groups is 1. The van der Waals surface area contributed by atoms with E-state index in [2.05, 4.69) is 29.4 Å². The van der Waals surface area contributed by atoms with Gasteiger partial charge in [-0.3, -0.25) is 10.1 Å². The third-order valence-corrected chi connectivity index (χ3v) is 7.39. The van der Waals surface area contributed by atoms with E-state index in [0.29, 0.717) is 29.9 Å². The Labute approximate surface area is 175 Å². The summed E-state index contributed by atoms with van der Waals surface area (Å²) in [7, 11) is -2.21. The number of benzene rings is 1. The summed E-state index contributed by atoms with van der Waals surface area (Å²) in [5.74, 6) is 0.250. The van der Waals surface area contributed by atoms with Gasteiger partial charge in [0.25, 0.3) is 5.91 Å². The van der Waals surface area contributed by atoms with Crippen molar-refractivity contribution in [2.24, 2.45) is 5.92 Å². The zero-order valence-electron chi connectivity index (χ0n) is 16.8. The summed E-state index contributed by atoms with van der Waals surface area (Å²) in [5.41, 5.74) is 0.145. The number of nitrogens with one attached hydrogen (secondary N) is 1. The zero-order chi connectivity index (χ0) is 21.0. The molecule has 0 radical (unpaired) electrons. The largest absolute Gasteiger partial charge is 0.496 e. The van der Waals surface area contributed by atoms with Gasteiger partial charge in [-0.1, -0.05) is 31.6 Å². The number of aromatic nitrogens is 2. The Morgan fingerprint density at radius 1 is 1.24 bits per heavy atom. The van der Waals surface area contributed by atoms with Crippen LogP contribution in [0.4, 0.5) is 5.13 Å². The first-order chi connectivity index (χ1) is 13.8. The lowest BCUT2D eigenvalue weighted by Crippen LogP contribution is -2.35. The van der Waals surface area contributed by atoms with Gasteiger partial charge in [-0.25, -0.2) is 8.42 Å². The SMILES string of the molecule is COc1ccc(S(=O)(=O)N2CCCCC2)cc1C(=O)Nc1nnc(CC(C)C)s1. The molecule has 0 bridgehead atoms. The summed E-state index contributed by atoms with van der Waals surface area (Å²) < 4.78 is 32.7. The molecule has 1 amide bonds. The maximum Gasteiger partial charge on any atom is 0.261 e. The van der Waals surface area contributed by atoms with Crippen LogP contribution in [-0.2, 0) is 16.4 Å². The number of sulfonamides is 1. The molecule has 158 valence electrons. The molecule has 0 saturated carbocycles. The fraction of sp³-hybridized carbons (Fsp3) is 0.526. The molecule has 1 N–H and O–H groups in total. The fourth-order valence-corrected chi connectivity index (χ4v) is 5.67. The first-order valence-corrected chi connectivity index (χ1v) is 11.9. The van der Waals surface area contributed by atoms with E-state index in [4.69, 9.17) is 4.74 Å². The molecule has 8 nitrogen and oxygen atoms in total. The normalized spacial score (nSPS) is 15.4. The molecule has 1 aliphatic heterocycles. The Morgan fingerprint density at radius 2 is 1.97 bits per heavy atom. The van der Waals surface area contributed by atoms with Crippen molar-refractivity contribution in [3.8, 4) is 5.75 Å². The van der Waals surface area contributed by atoms with Crippen LogP contribution in [0.25, 0.3) is 0 Å². The highest BCUT2D eigenvalue weighted by Crippen LogP contribution is 2.27. The van der Waals surface area contributed by atoms with E-state index >= 15 is 0 Å². The number of methoxy groups -OCH3 is 1. The molecule has 2 aromatic rings. The number of hydrogen-bond donors (Lipinski definition) is 1. The number of ether oxygens (including phenoxy) is 1. The molecule has 1 fully saturated rings. The van der Waals surface area contributed by atoms with E-state index in [1.54, 1.807) is 0 Å². The van der Waals surface area contributed by atoms with Crippen LogP contribution < -0.4 is 10.1 Å². The molecular formula is C19H26N4O4S2. The van der Waals surface area contributed by atoms with Crippen LogP contribution in [0.1, 0.15) is 48.5 Å². The average molecular weight is 439 g/mol. The number of amides is 1. The van der Waals surface area contributed by atoms with Gasteiger partial charge < -0.3 is 4.74 Å². The van der Waals surface area contributed by atoms with Crippen molar-refractivity contribution >= 4 is 32.4 Å². The quantitative estimate of drug-likeness (QED) is 0.712. The monoisotopic (exact) mass is 438 g/mol. The lowest BCUT2D eigenvalue weighted by atomic mass is 10.1. The van der Waals surface area contributed by atoms with Crippen LogP contribution >= 0.6 is 11.3 Å². The topological polar surface area (TPSA) is 101 Å². The molecule has 0 unspecified atom stereocenters. The molecule has 0 spiro atoms. The summed E-state index contributed by atoms with van der Waals surface area (Å²) in [5, 5.41) is 12.0. The molecule has 1 aromatic carbocycles. The minimum atomic E-state index is -3.65. The van der Waals surface area contributed by atoms with Gasteiger partial charge >= 0.3 is 0 Å². The molecule has 2 heterocycles. The third kappa shape index (κ3) is 5.12. The van der Waals surface area contributed by atoms with Crippen molar-refractivity contribution in [3.05, 3.63) is 28.8 Å². The number of piperidine rings is 1. The average Bonchev–Trinajstić information content (AvgIpc) is 3.14. The molecular weight excluding hydrogens is 412 g/mol. The highest BCUT2D eigenvalue weighted by atomic mass is 32.2. The van der Waals surface area contributed by atoms with Gasteiger partial charge in [0.05, 0.1) is 17.6 Å². The summed E-state index contributed by atoms with van der Waals surface area (Å²) >= 11 is 1.31. The fourth-order valence-electron chi connectivity index (χ4n) is 3.18. The number of hydrogen-bond acceptors (Lipinski definition) is 7. The zero-order valence-corrected chi connectivity index (χ0v) is 18.5. The van der Waals surface area contributed by atoms with E-state index in [0.717, 1.165) is 30.7 Å². The summed E-state index contributed by atoms with van der Waals surface area (Å²) in [4.78, 5) is 12.9. The minimum absolute atomic E-state index is 0.0862. The highest BCUT2D eigenvalue weighted by Gasteiger charge is 2.28. The van der Waals surface area contributed by atoms with Gasteiger partial charge in [0.1, 0.15) is 10.8 Å². The third-order valence-electron chi connectivity index (χ3n) is 4.64. The Hall–Kier alpha value is -2.04. The molecule has 1 aromatic heterocycles. The lowest BCUT2D eigenvalue weighted by Gasteiger charge is -2.26. The molecule has 10 heteroatoms. The lowest BCUT2D eigenvalue weighted by molar-refractivity contribution is 0.102. The maximum atomic E-state index is 13.0. The molecule has 0 aliphatic carbocycles. The first-order valence-electron chi connectivity index (χ1n) is 9.63. The van der Waals surface area contributed by atoms with Crippen LogP contribution in [0.5, 0.6) is 5.75 Å². The van der Waals surface area contributed by atoms with Gasteiger partial charge in [-0.2, -0.15) is 4.31 Å². The van der Waals surface area contributed by atoms with Gasteiger partial charge in [0.15, 0.2) is 0 Å². The molecule has 1 saturated heterocycles. The van der Waals surface area contributed by atoms with Gasteiger partial charge in [-0.05, 0) is 37.0 Å². The molecule has 29 heavy (non-hydrogen) atoms. The van der Waals surface area contributed by atoms with Crippen molar-refractivity contribution < 1.29 is 17.9 Å². The Balaban J connectivity index is 1.84. The number of anilines is 1. The maximum absolute atomic E-state index is 13.0. The second kappa shape index (κ2) is 9.19. The molecule has 1 aliphatic rings. The van der Waals surface area contributed by atoms with Crippen molar-refractivity contribution in [2.45, 2.75) is 44.4 Å². The van der Waals surface area contributed by atoms with Gasteiger partial charge in [-0.15, -0.1) is 10.2 Å². The van der Waals surface area contributed by atoms with Crippen molar-refractivity contribution in [1.82, 2.24) is 14.5 Å². The van der Waals surface area contributed by atoms with Crippen LogP contribution in [0.15, 0.2) is 23.1 Å². The van der Waals surface area contributed by atoms with Crippen LogP contribution in [0.2, 0.25) is 0 Å². The van der Waals surface area contributed by atoms with Crippen LogP contribution in [0, 0.1) is 5.92 Å².